The first kappa shape index (κ1) is 22.0. The smallest absolute Gasteiger partial charge is 0.275 e. The Kier molecular flexibility index (Phi) is 5.71. The number of benzene rings is 3. The largest absolute Gasteiger partial charge is 0.295 e. The fourth-order valence-corrected chi connectivity index (χ4v) is 5.00. The van der Waals surface area contributed by atoms with Crippen LogP contribution in [0.3, 0.4) is 0 Å². The molecule has 0 aliphatic rings. The molecule has 0 amide bonds. The lowest BCUT2D eigenvalue weighted by Gasteiger charge is -2.17. The number of nitrogens with one attached hydrogen (secondary N) is 2. The zero-order valence-corrected chi connectivity index (χ0v) is 20.3. The molecule has 5 rings (SSSR count). The molecule has 0 radical (unpaired) electrons. The van der Waals surface area contributed by atoms with Gasteiger partial charge in [-0.1, -0.05) is 70.5 Å². The quantitative estimate of drug-likeness (QED) is 0.338. The Morgan fingerprint density at radius 2 is 1.06 bits per heavy atom. The summed E-state index contributed by atoms with van der Waals surface area (Å²) in [7, 11) is 0. The standard InChI is InChI=1S/C27H23BrN4O2/c1-17-23(26(33)31(29-17)19-11-5-3-6-12-19)25(21-15-9-10-16-22(21)28)24-18(2)30-32(27(24)34)20-13-7-4-8-14-20/h3-16,25,29-30H,1-2H3. The van der Waals surface area contributed by atoms with Crippen LogP contribution in [0, 0.1) is 13.8 Å². The van der Waals surface area contributed by atoms with Crippen molar-refractivity contribution in [1.29, 1.82) is 0 Å². The third-order valence-electron chi connectivity index (χ3n) is 6.06. The normalized spacial score (nSPS) is 11.3. The van der Waals surface area contributed by atoms with E-state index in [1.54, 1.807) is 0 Å². The first-order valence-electron chi connectivity index (χ1n) is 11.0. The molecule has 7 heteroatoms. The van der Waals surface area contributed by atoms with Gasteiger partial charge >= 0.3 is 0 Å². The van der Waals surface area contributed by atoms with Crippen LogP contribution >= 0.6 is 15.9 Å². The lowest BCUT2D eigenvalue weighted by atomic mass is 9.85. The Hall–Kier alpha value is -3.84. The van der Waals surface area contributed by atoms with Crippen molar-refractivity contribution >= 4 is 15.9 Å². The van der Waals surface area contributed by atoms with Crippen LogP contribution in [0.4, 0.5) is 0 Å². The molecule has 0 atom stereocenters. The van der Waals surface area contributed by atoms with Gasteiger partial charge < -0.3 is 0 Å². The summed E-state index contributed by atoms with van der Waals surface area (Å²) in [5, 5.41) is 6.43. The van der Waals surface area contributed by atoms with Crippen molar-refractivity contribution in [3.8, 4) is 11.4 Å². The number of H-pyrrole nitrogens is 2. The van der Waals surface area contributed by atoms with E-state index >= 15 is 0 Å². The van der Waals surface area contributed by atoms with Crippen LogP contribution < -0.4 is 11.1 Å². The minimum absolute atomic E-state index is 0.185. The maximum Gasteiger partial charge on any atom is 0.275 e. The van der Waals surface area contributed by atoms with Gasteiger partial charge in [-0.15, -0.1) is 0 Å². The van der Waals surface area contributed by atoms with Gasteiger partial charge in [-0.05, 0) is 49.7 Å². The highest BCUT2D eigenvalue weighted by atomic mass is 79.9. The number of para-hydroxylation sites is 2. The Balaban J connectivity index is 1.79. The minimum atomic E-state index is -0.571. The van der Waals surface area contributed by atoms with Crippen LogP contribution in [0.2, 0.25) is 0 Å². The molecular weight excluding hydrogens is 492 g/mol. The zero-order chi connectivity index (χ0) is 23.8. The third-order valence-corrected chi connectivity index (χ3v) is 6.78. The van der Waals surface area contributed by atoms with Gasteiger partial charge in [0.05, 0.1) is 22.5 Å². The number of aromatic nitrogens is 4. The second-order valence-corrected chi connectivity index (χ2v) is 9.06. The summed E-state index contributed by atoms with van der Waals surface area (Å²) in [6.45, 7) is 3.75. The van der Waals surface area contributed by atoms with Crippen LogP contribution in [-0.2, 0) is 0 Å². The van der Waals surface area contributed by atoms with Gasteiger partial charge in [0.15, 0.2) is 0 Å². The molecule has 3 aromatic carbocycles. The zero-order valence-electron chi connectivity index (χ0n) is 18.7. The monoisotopic (exact) mass is 514 g/mol. The van der Waals surface area contributed by atoms with Gasteiger partial charge in [0, 0.05) is 21.8 Å². The van der Waals surface area contributed by atoms with Crippen molar-refractivity contribution in [2.45, 2.75) is 19.8 Å². The van der Waals surface area contributed by atoms with E-state index in [1.807, 2.05) is 98.8 Å². The maximum atomic E-state index is 13.8. The van der Waals surface area contributed by atoms with Gasteiger partial charge in [0.25, 0.3) is 11.1 Å². The lowest BCUT2D eigenvalue weighted by Crippen LogP contribution is -2.25. The maximum absolute atomic E-state index is 13.8. The molecule has 5 aromatic rings. The number of aryl methyl sites for hydroxylation is 2. The van der Waals surface area contributed by atoms with Gasteiger partial charge in [-0.25, -0.2) is 9.36 Å². The van der Waals surface area contributed by atoms with Crippen molar-refractivity contribution in [1.82, 2.24) is 19.6 Å². The summed E-state index contributed by atoms with van der Waals surface area (Å²) >= 11 is 3.66. The van der Waals surface area contributed by atoms with Crippen molar-refractivity contribution in [2.24, 2.45) is 0 Å². The van der Waals surface area contributed by atoms with Crippen molar-refractivity contribution < 1.29 is 0 Å². The molecular formula is C27H23BrN4O2. The molecule has 2 aromatic heterocycles. The Bertz CT molecular complexity index is 1480. The van der Waals surface area contributed by atoms with Crippen LogP contribution in [0.25, 0.3) is 11.4 Å². The van der Waals surface area contributed by atoms with E-state index in [-0.39, 0.29) is 11.1 Å². The number of halogens is 1. The van der Waals surface area contributed by atoms with E-state index in [0.29, 0.717) is 22.5 Å². The molecule has 2 heterocycles. The second kappa shape index (κ2) is 8.83. The van der Waals surface area contributed by atoms with E-state index in [4.69, 9.17) is 0 Å². The van der Waals surface area contributed by atoms with E-state index in [2.05, 4.69) is 26.1 Å². The Morgan fingerprint density at radius 1 is 0.647 bits per heavy atom. The highest BCUT2D eigenvalue weighted by Gasteiger charge is 2.31. The Labute approximate surface area is 204 Å². The fourth-order valence-electron chi connectivity index (χ4n) is 4.48. The van der Waals surface area contributed by atoms with Crippen LogP contribution in [0.1, 0.15) is 34.0 Å². The van der Waals surface area contributed by atoms with Crippen LogP contribution in [0.5, 0.6) is 0 Å². The number of rotatable bonds is 5. The predicted octanol–water partition coefficient (Wildman–Crippen LogP) is 5.20. The van der Waals surface area contributed by atoms with Gasteiger partial charge in [-0.2, -0.15) is 0 Å². The summed E-state index contributed by atoms with van der Waals surface area (Å²) in [4.78, 5) is 27.6. The number of hydrogen-bond acceptors (Lipinski definition) is 2. The highest BCUT2D eigenvalue weighted by Crippen LogP contribution is 2.36. The van der Waals surface area contributed by atoms with Crippen molar-refractivity contribution in [3.05, 3.63) is 138 Å². The van der Waals surface area contributed by atoms with Crippen LogP contribution in [-0.4, -0.2) is 19.6 Å². The minimum Gasteiger partial charge on any atom is -0.295 e. The third kappa shape index (κ3) is 3.68. The van der Waals surface area contributed by atoms with Crippen molar-refractivity contribution in [3.63, 3.8) is 0 Å². The number of hydrogen-bond donors (Lipinski definition) is 2. The van der Waals surface area contributed by atoms with Gasteiger partial charge in [0.2, 0.25) is 0 Å². The first-order chi connectivity index (χ1) is 16.5. The van der Waals surface area contributed by atoms with E-state index < -0.39 is 5.92 Å². The molecule has 0 bridgehead atoms. The molecule has 6 nitrogen and oxygen atoms in total. The molecule has 34 heavy (non-hydrogen) atoms. The second-order valence-electron chi connectivity index (χ2n) is 8.21. The average Bonchev–Trinajstić information content (AvgIpc) is 3.32. The SMILES string of the molecule is Cc1[nH]n(-c2ccccc2)c(=O)c1C(c1ccccc1Br)c1c(C)[nH]n(-c2ccccc2)c1=O. The molecule has 2 N–H and O–H groups in total. The topological polar surface area (TPSA) is 75.6 Å². The number of aromatic amines is 2. The highest BCUT2D eigenvalue weighted by molar-refractivity contribution is 9.10. The summed E-state index contributed by atoms with van der Waals surface area (Å²) in [6, 6.07) is 26.6. The predicted molar refractivity (Wildman–Crippen MR) is 137 cm³/mol. The lowest BCUT2D eigenvalue weighted by molar-refractivity contribution is 0.830. The molecule has 0 aliphatic heterocycles. The summed E-state index contributed by atoms with van der Waals surface area (Å²) in [6.07, 6.45) is 0. The fraction of sp³-hybridized carbons (Fsp3) is 0.111. The van der Waals surface area contributed by atoms with Crippen molar-refractivity contribution in [2.75, 3.05) is 0 Å². The van der Waals surface area contributed by atoms with E-state index in [9.17, 15) is 9.59 Å². The van der Waals surface area contributed by atoms with E-state index in [1.165, 1.54) is 9.36 Å². The van der Waals surface area contributed by atoms with Crippen LogP contribution in [0.15, 0.2) is 99.0 Å². The molecule has 0 aliphatic carbocycles. The summed E-state index contributed by atoms with van der Waals surface area (Å²) < 4.78 is 3.90. The molecule has 170 valence electrons. The molecule has 0 spiro atoms. The van der Waals surface area contributed by atoms with E-state index in [0.717, 1.165) is 21.4 Å². The van der Waals surface area contributed by atoms with Gasteiger partial charge in [-0.3, -0.25) is 19.8 Å². The summed E-state index contributed by atoms with van der Waals surface area (Å²) in [5.74, 6) is -0.571. The average molecular weight is 515 g/mol. The first-order valence-corrected chi connectivity index (χ1v) is 11.7. The molecule has 0 fully saturated rings. The molecule has 0 saturated carbocycles. The Morgan fingerprint density at radius 3 is 1.50 bits per heavy atom. The molecule has 0 unspecified atom stereocenters. The molecule has 0 saturated heterocycles. The summed E-state index contributed by atoms with van der Waals surface area (Å²) in [5.41, 5.74) is 4.44. The van der Waals surface area contributed by atoms with Gasteiger partial charge in [0.1, 0.15) is 0 Å². The number of nitrogens with zero attached hydrogens (tertiary/aromatic N) is 2.